The summed E-state index contributed by atoms with van der Waals surface area (Å²) in [4.78, 5) is 24.0. The average molecular weight is 339 g/mol. The fourth-order valence-corrected chi connectivity index (χ4v) is 2.69. The first kappa shape index (κ1) is 18.7. The number of carbonyl (C=O) groups is 2. The van der Waals surface area contributed by atoms with Crippen molar-refractivity contribution < 1.29 is 14.3 Å². The Morgan fingerprint density at radius 2 is 1.56 bits per heavy atom. The molecule has 25 heavy (non-hydrogen) atoms. The predicted molar refractivity (Wildman–Crippen MR) is 99.5 cm³/mol. The SMILES string of the molecule is CCc1cccc(CC)c1NC(=O)COC(=O)CCc1ccccc1. The average Bonchev–Trinajstić information content (AvgIpc) is 2.65. The van der Waals surface area contributed by atoms with Gasteiger partial charge in [0.25, 0.3) is 5.91 Å². The van der Waals surface area contributed by atoms with Crippen LogP contribution in [0.2, 0.25) is 0 Å². The summed E-state index contributed by atoms with van der Waals surface area (Å²) < 4.78 is 5.09. The Morgan fingerprint density at radius 1 is 0.920 bits per heavy atom. The lowest BCUT2D eigenvalue weighted by atomic mass is 10.0. The molecule has 0 aliphatic carbocycles. The topological polar surface area (TPSA) is 55.4 Å². The number of ether oxygens (including phenoxy) is 1. The number of hydrogen-bond donors (Lipinski definition) is 1. The lowest BCUT2D eigenvalue weighted by Gasteiger charge is -2.14. The van der Waals surface area contributed by atoms with Gasteiger partial charge in [-0.2, -0.15) is 0 Å². The molecule has 0 saturated carbocycles. The Balaban J connectivity index is 1.83. The number of benzene rings is 2. The molecular formula is C21H25NO3. The zero-order chi connectivity index (χ0) is 18.1. The summed E-state index contributed by atoms with van der Waals surface area (Å²) in [6.07, 6.45) is 2.55. The maximum atomic E-state index is 12.1. The van der Waals surface area contributed by atoms with Crippen LogP contribution >= 0.6 is 0 Å². The highest BCUT2D eigenvalue weighted by Crippen LogP contribution is 2.22. The predicted octanol–water partition coefficient (Wildman–Crippen LogP) is 3.93. The quantitative estimate of drug-likeness (QED) is 0.742. The van der Waals surface area contributed by atoms with Gasteiger partial charge in [-0.1, -0.05) is 62.4 Å². The van der Waals surface area contributed by atoms with Gasteiger partial charge in [0.15, 0.2) is 6.61 Å². The lowest BCUT2D eigenvalue weighted by Crippen LogP contribution is -2.22. The van der Waals surface area contributed by atoms with Crippen molar-refractivity contribution >= 4 is 17.6 Å². The number of aryl methyl sites for hydroxylation is 3. The zero-order valence-electron chi connectivity index (χ0n) is 14.9. The standard InChI is InChI=1S/C21H25NO3/c1-3-17-11-8-12-18(4-2)21(17)22-19(23)15-25-20(24)14-13-16-9-6-5-7-10-16/h5-12H,3-4,13-15H2,1-2H3,(H,22,23). The molecule has 0 aromatic heterocycles. The van der Waals surface area contributed by atoms with Crippen LogP contribution in [0.1, 0.15) is 37.0 Å². The molecule has 0 atom stereocenters. The Morgan fingerprint density at radius 3 is 2.16 bits per heavy atom. The van der Waals surface area contributed by atoms with Crippen LogP contribution in [0.25, 0.3) is 0 Å². The van der Waals surface area contributed by atoms with Crippen LogP contribution in [-0.4, -0.2) is 18.5 Å². The normalized spacial score (nSPS) is 10.3. The molecule has 2 rings (SSSR count). The summed E-state index contributed by atoms with van der Waals surface area (Å²) in [7, 11) is 0. The van der Waals surface area contributed by atoms with Crippen LogP contribution in [0.4, 0.5) is 5.69 Å². The third kappa shape index (κ3) is 5.75. The van der Waals surface area contributed by atoms with Gasteiger partial charge in [-0.25, -0.2) is 0 Å². The number of esters is 1. The largest absolute Gasteiger partial charge is 0.456 e. The maximum Gasteiger partial charge on any atom is 0.306 e. The second kappa shape index (κ2) is 9.62. The number of anilines is 1. The van der Waals surface area contributed by atoms with Crippen LogP contribution in [0, 0.1) is 0 Å². The molecule has 0 spiro atoms. The van der Waals surface area contributed by atoms with Gasteiger partial charge in [-0.3, -0.25) is 9.59 Å². The second-order valence-corrected chi connectivity index (χ2v) is 5.85. The van der Waals surface area contributed by atoms with Crippen molar-refractivity contribution in [2.45, 2.75) is 39.5 Å². The van der Waals surface area contributed by atoms with Crippen LogP contribution < -0.4 is 5.32 Å². The fraction of sp³-hybridized carbons (Fsp3) is 0.333. The second-order valence-electron chi connectivity index (χ2n) is 5.85. The lowest BCUT2D eigenvalue weighted by molar-refractivity contribution is -0.147. The van der Waals surface area contributed by atoms with Gasteiger partial charge in [0.2, 0.25) is 0 Å². The van der Waals surface area contributed by atoms with Crippen LogP contribution in [0.5, 0.6) is 0 Å². The van der Waals surface area contributed by atoms with Crippen molar-refractivity contribution in [1.82, 2.24) is 0 Å². The van der Waals surface area contributed by atoms with E-state index in [1.807, 2.05) is 62.4 Å². The summed E-state index contributed by atoms with van der Waals surface area (Å²) in [6, 6.07) is 15.7. The van der Waals surface area contributed by atoms with Crippen molar-refractivity contribution in [2.75, 3.05) is 11.9 Å². The molecule has 132 valence electrons. The van der Waals surface area contributed by atoms with Gasteiger partial charge < -0.3 is 10.1 Å². The van der Waals surface area contributed by atoms with Crippen molar-refractivity contribution in [3.05, 3.63) is 65.2 Å². The monoisotopic (exact) mass is 339 g/mol. The first-order chi connectivity index (χ1) is 12.1. The molecule has 0 aliphatic rings. The van der Waals surface area contributed by atoms with Crippen LogP contribution in [-0.2, 0) is 33.6 Å². The van der Waals surface area contributed by atoms with E-state index >= 15 is 0 Å². The van der Waals surface area contributed by atoms with E-state index in [0.717, 1.165) is 35.2 Å². The Bertz CT molecular complexity index is 688. The molecule has 0 bridgehead atoms. The molecule has 1 amide bonds. The molecule has 2 aromatic carbocycles. The first-order valence-electron chi connectivity index (χ1n) is 8.74. The minimum Gasteiger partial charge on any atom is -0.456 e. The van der Waals surface area contributed by atoms with Crippen molar-refractivity contribution in [2.24, 2.45) is 0 Å². The molecule has 4 heteroatoms. The van der Waals surface area contributed by atoms with E-state index in [1.165, 1.54) is 0 Å². The highest BCUT2D eigenvalue weighted by molar-refractivity contribution is 5.94. The van der Waals surface area contributed by atoms with E-state index in [1.54, 1.807) is 0 Å². The van der Waals surface area contributed by atoms with Gasteiger partial charge in [-0.15, -0.1) is 0 Å². The zero-order valence-corrected chi connectivity index (χ0v) is 14.9. The van der Waals surface area contributed by atoms with Gasteiger partial charge in [0.1, 0.15) is 0 Å². The van der Waals surface area contributed by atoms with Crippen molar-refractivity contribution in [1.29, 1.82) is 0 Å². The summed E-state index contributed by atoms with van der Waals surface area (Å²) in [5.74, 6) is -0.665. The first-order valence-corrected chi connectivity index (χ1v) is 8.74. The number of hydrogen-bond acceptors (Lipinski definition) is 3. The number of rotatable bonds is 8. The fourth-order valence-electron chi connectivity index (χ4n) is 2.69. The van der Waals surface area contributed by atoms with Gasteiger partial charge in [0.05, 0.1) is 0 Å². The summed E-state index contributed by atoms with van der Waals surface area (Å²) in [6.45, 7) is 3.84. The number of nitrogens with one attached hydrogen (secondary N) is 1. The summed E-state index contributed by atoms with van der Waals surface area (Å²) >= 11 is 0. The Hall–Kier alpha value is -2.62. The molecule has 2 aromatic rings. The van der Waals surface area contributed by atoms with Crippen LogP contribution in [0.3, 0.4) is 0 Å². The number of carbonyl (C=O) groups excluding carboxylic acids is 2. The van der Waals surface area contributed by atoms with E-state index < -0.39 is 0 Å². The van der Waals surface area contributed by atoms with Gasteiger partial charge in [0, 0.05) is 12.1 Å². The van der Waals surface area contributed by atoms with E-state index in [9.17, 15) is 9.59 Å². The van der Waals surface area contributed by atoms with E-state index in [4.69, 9.17) is 4.74 Å². The van der Waals surface area contributed by atoms with E-state index in [-0.39, 0.29) is 24.9 Å². The highest BCUT2D eigenvalue weighted by Gasteiger charge is 2.12. The minimum atomic E-state index is -0.363. The maximum absolute atomic E-state index is 12.1. The molecule has 0 aliphatic heterocycles. The van der Waals surface area contributed by atoms with E-state index in [2.05, 4.69) is 5.32 Å². The molecule has 0 radical (unpaired) electrons. The molecule has 1 N–H and O–H groups in total. The molecule has 0 heterocycles. The molecule has 0 fully saturated rings. The van der Waals surface area contributed by atoms with Gasteiger partial charge >= 0.3 is 5.97 Å². The van der Waals surface area contributed by atoms with Gasteiger partial charge in [-0.05, 0) is 36.0 Å². The summed E-state index contributed by atoms with van der Waals surface area (Å²) in [5.41, 5.74) is 4.09. The third-order valence-corrected chi connectivity index (χ3v) is 4.09. The molecular weight excluding hydrogens is 314 g/mol. The Kier molecular flexibility index (Phi) is 7.20. The Labute approximate surface area is 149 Å². The molecule has 0 unspecified atom stereocenters. The third-order valence-electron chi connectivity index (χ3n) is 4.09. The highest BCUT2D eigenvalue weighted by atomic mass is 16.5. The van der Waals surface area contributed by atoms with E-state index in [0.29, 0.717) is 6.42 Å². The van der Waals surface area contributed by atoms with Crippen molar-refractivity contribution in [3.63, 3.8) is 0 Å². The smallest absolute Gasteiger partial charge is 0.306 e. The molecule has 4 nitrogen and oxygen atoms in total. The minimum absolute atomic E-state index is 0.255. The summed E-state index contributed by atoms with van der Waals surface area (Å²) in [5, 5.41) is 2.89. The number of amides is 1. The number of para-hydroxylation sites is 1. The van der Waals surface area contributed by atoms with Crippen molar-refractivity contribution in [3.8, 4) is 0 Å². The molecule has 0 saturated heterocycles. The van der Waals surface area contributed by atoms with Crippen LogP contribution in [0.15, 0.2) is 48.5 Å².